The van der Waals surface area contributed by atoms with Crippen molar-refractivity contribution in [2.24, 2.45) is 0 Å². The molecule has 0 atom stereocenters. The van der Waals surface area contributed by atoms with Crippen molar-refractivity contribution in [3.63, 3.8) is 0 Å². The number of benzene rings is 2. The van der Waals surface area contributed by atoms with Gasteiger partial charge < -0.3 is 10.6 Å². The number of carbonyl (C=O) groups is 1. The Bertz CT molecular complexity index is 1070. The highest BCUT2D eigenvalue weighted by Gasteiger charge is 2.23. The van der Waals surface area contributed by atoms with Crippen LogP contribution in [0.2, 0.25) is 0 Å². The topological polar surface area (TPSA) is 81.2 Å². The second-order valence-electron chi connectivity index (χ2n) is 6.54. The molecule has 0 radical (unpaired) electrons. The average molecular weight is 392 g/mol. The Labute approximate surface area is 167 Å². The Balaban J connectivity index is 1.59. The first-order valence-corrected chi connectivity index (χ1v) is 10.1. The smallest absolute Gasteiger partial charge is 0.275 e. The highest BCUT2D eigenvalue weighted by molar-refractivity contribution is 7.99. The third kappa shape index (κ3) is 3.66. The van der Waals surface area contributed by atoms with Crippen LogP contribution in [-0.4, -0.2) is 27.8 Å². The summed E-state index contributed by atoms with van der Waals surface area (Å²) in [7, 11) is 0. The lowest BCUT2D eigenvalue weighted by atomic mass is 10.0. The van der Waals surface area contributed by atoms with E-state index in [4.69, 9.17) is 5.73 Å². The SMILES string of the molecule is Nc1cc(=O)nc(SCC(=O)N2CCCc3ccccc32)n1-c1ccccc1. The lowest BCUT2D eigenvalue weighted by Gasteiger charge is -2.29. The number of anilines is 2. The van der Waals surface area contributed by atoms with Crippen LogP contribution in [0, 0.1) is 0 Å². The van der Waals surface area contributed by atoms with E-state index in [1.54, 1.807) is 4.57 Å². The van der Waals surface area contributed by atoms with E-state index in [1.807, 2.05) is 53.4 Å². The van der Waals surface area contributed by atoms with Crippen molar-refractivity contribution in [2.45, 2.75) is 18.0 Å². The zero-order valence-electron chi connectivity index (χ0n) is 15.2. The maximum atomic E-state index is 12.9. The zero-order chi connectivity index (χ0) is 19.5. The van der Waals surface area contributed by atoms with E-state index < -0.39 is 5.56 Å². The summed E-state index contributed by atoms with van der Waals surface area (Å²) >= 11 is 1.23. The molecular formula is C21H20N4O2S. The maximum absolute atomic E-state index is 12.9. The number of hydrogen-bond donors (Lipinski definition) is 1. The van der Waals surface area contributed by atoms with Crippen molar-refractivity contribution in [1.82, 2.24) is 9.55 Å². The van der Waals surface area contributed by atoms with Crippen LogP contribution in [0.3, 0.4) is 0 Å². The molecule has 2 aromatic carbocycles. The number of nitrogens with two attached hydrogens (primary N) is 1. The Hall–Kier alpha value is -3.06. The van der Waals surface area contributed by atoms with Crippen molar-refractivity contribution in [1.29, 1.82) is 0 Å². The van der Waals surface area contributed by atoms with Crippen LogP contribution < -0.4 is 16.2 Å². The van der Waals surface area contributed by atoms with Gasteiger partial charge in [0.15, 0.2) is 5.16 Å². The van der Waals surface area contributed by atoms with Gasteiger partial charge in [0, 0.05) is 24.0 Å². The lowest BCUT2D eigenvalue weighted by Crippen LogP contribution is -2.36. The first-order valence-electron chi connectivity index (χ1n) is 9.09. The molecule has 2 N–H and O–H groups in total. The quantitative estimate of drug-likeness (QED) is 0.545. The molecule has 7 heteroatoms. The van der Waals surface area contributed by atoms with Gasteiger partial charge in [-0.15, -0.1) is 0 Å². The normalized spacial score (nSPS) is 13.2. The monoisotopic (exact) mass is 392 g/mol. The Morgan fingerprint density at radius 3 is 2.68 bits per heavy atom. The first kappa shape index (κ1) is 18.3. The van der Waals surface area contributed by atoms with E-state index in [9.17, 15) is 9.59 Å². The Morgan fingerprint density at radius 2 is 1.86 bits per heavy atom. The predicted molar refractivity (Wildman–Crippen MR) is 112 cm³/mol. The van der Waals surface area contributed by atoms with Crippen molar-refractivity contribution in [3.8, 4) is 5.69 Å². The molecule has 1 aliphatic heterocycles. The van der Waals surface area contributed by atoms with Crippen molar-refractivity contribution < 1.29 is 4.79 Å². The molecule has 0 aliphatic carbocycles. The minimum atomic E-state index is -0.414. The fraction of sp³-hybridized carbons (Fsp3) is 0.190. The first-order chi connectivity index (χ1) is 13.6. The molecule has 4 rings (SSSR count). The molecule has 0 fully saturated rings. The van der Waals surface area contributed by atoms with Crippen LogP contribution >= 0.6 is 11.8 Å². The predicted octanol–water partition coefficient (Wildman–Crippen LogP) is 2.89. The number of thioether (sulfide) groups is 1. The molecule has 1 amide bonds. The number of carbonyl (C=O) groups excluding carboxylic acids is 1. The molecule has 0 unspecified atom stereocenters. The number of nitrogen functional groups attached to an aromatic ring is 1. The van der Waals surface area contributed by atoms with E-state index in [-0.39, 0.29) is 11.7 Å². The van der Waals surface area contributed by atoms with Crippen LogP contribution in [0.5, 0.6) is 0 Å². The van der Waals surface area contributed by atoms with Gasteiger partial charge in [0.05, 0.1) is 5.75 Å². The summed E-state index contributed by atoms with van der Waals surface area (Å²) in [6, 6.07) is 18.7. The second kappa shape index (κ2) is 7.90. The van der Waals surface area contributed by atoms with Gasteiger partial charge in [-0.25, -0.2) is 0 Å². The lowest BCUT2D eigenvalue weighted by molar-refractivity contribution is -0.116. The number of hydrogen-bond acceptors (Lipinski definition) is 5. The summed E-state index contributed by atoms with van der Waals surface area (Å²) in [6.45, 7) is 0.701. The molecule has 0 spiro atoms. The molecule has 1 aliphatic rings. The van der Waals surface area contributed by atoms with Crippen LogP contribution in [0.1, 0.15) is 12.0 Å². The summed E-state index contributed by atoms with van der Waals surface area (Å²) in [6.07, 6.45) is 1.93. The third-order valence-electron chi connectivity index (χ3n) is 4.68. The number of amides is 1. The van der Waals surface area contributed by atoms with Gasteiger partial charge in [-0.3, -0.25) is 14.2 Å². The summed E-state index contributed by atoms with van der Waals surface area (Å²) in [4.78, 5) is 30.7. The average Bonchev–Trinajstić information content (AvgIpc) is 2.72. The van der Waals surface area contributed by atoms with Crippen LogP contribution in [-0.2, 0) is 11.2 Å². The van der Waals surface area contributed by atoms with Gasteiger partial charge in [-0.05, 0) is 36.6 Å². The number of aryl methyl sites for hydroxylation is 1. The van der Waals surface area contributed by atoms with Gasteiger partial charge in [-0.2, -0.15) is 4.98 Å². The van der Waals surface area contributed by atoms with Gasteiger partial charge in [-0.1, -0.05) is 48.2 Å². The van der Waals surface area contributed by atoms with E-state index in [0.717, 1.165) is 24.2 Å². The van der Waals surface area contributed by atoms with Gasteiger partial charge in [0.1, 0.15) is 5.82 Å². The fourth-order valence-electron chi connectivity index (χ4n) is 3.41. The van der Waals surface area contributed by atoms with E-state index in [0.29, 0.717) is 17.5 Å². The molecular weight excluding hydrogens is 372 g/mol. The molecule has 0 bridgehead atoms. The van der Waals surface area contributed by atoms with Crippen molar-refractivity contribution >= 4 is 29.2 Å². The van der Waals surface area contributed by atoms with Crippen molar-refractivity contribution in [3.05, 3.63) is 76.6 Å². The summed E-state index contributed by atoms with van der Waals surface area (Å²) in [5, 5.41) is 0.412. The Kier molecular flexibility index (Phi) is 5.16. The molecule has 0 saturated heterocycles. The number of fused-ring (bicyclic) bond motifs is 1. The highest BCUT2D eigenvalue weighted by atomic mass is 32.2. The van der Waals surface area contributed by atoms with Gasteiger partial charge in [0.25, 0.3) is 5.56 Å². The van der Waals surface area contributed by atoms with E-state index >= 15 is 0 Å². The summed E-state index contributed by atoms with van der Waals surface area (Å²) < 4.78 is 1.70. The largest absolute Gasteiger partial charge is 0.385 e. The molecule has 28 heavy (non-hydrogen) atoms. The van der Waals surface area contributed by atoms with Crippen molar-refractivity contribution in [2.75, 3.05) is 22.9 Å². The minimum Gasteiger partial charge on any atom is -0.385 e. The minimum absolute atomic E-state index is 0.00608. The van der Waals surface area contributed by atoms with Crippen LogP contribution in [0.15, 0.2) is 70.6 Å². The fourth-order valence-corrected chi connectivity index (χ4v) is 4.31. The molecule has 2 heterocycles. The molecule has 3 aromatic rings. The maximum Gasteiger partial charge on any atom is 0.275 e. The summed E-state index contributed by atoms with van der Waals surface area (Å²) in [5.41, 5.74) is 8.63. The number of rotatable bonds is 4. The standard InChI is InChI=1S/C21H20N4O2S/c22-18-13-19(26)23-21(25(18)16-9-2-1-3-10-16)28-14-20(27)24-12-6-8-15-7-4-5-11-17(15)24/h1-5,7,9-11,13H,6,8,12,14,22H2. The van der Waals surface area contributed by atoms with E-state index in [1.165, 1.54) is 23.4 Å². The van der Waals surface area contributed by atoms with Gasteiger partial charge in [0.2, 0.25) is 5.91 Å². The van der Waals surface area contributed by atoms with Crippen LogP contribution in [0.25, 0.3) is 5.69 Å². The zero-order valence-corrected chi connectivity index (χ0v) is 16.1. The highest BCUT2D eigenvalue weighted by Crippen LogP contribution is 2.28. The molecule has 6 nitrogen and oxygen atoms in total. The molecule has 0 saturated carbocycles. The number of aromatic nitrogens is 2. The number of nitrogens with zero attached hydrogens (tertiary/aromatic N) is 3. The Morgan fingerprint density at radius 1 is 1.11 bits per heavy atom. The van der Waals surface area contributed by atoms with Crippen LogP contribution in [0.4, 0.5) is 11.5 Å². The van der Waals surface area contributed by atoms with Gasteiger partial charge >= 0.3 is 0 Å². The number of para-hydroxylation sites is 2. The second-order valence-corrected chi connectivity index (χ2v) is 7.48. The summed E-state index contributed by atoms with van der Waals surface area (Å²) in [5.74, 6) is 0.467. The molecule has 1 aromatic heterocycles. The third-order valence-corrected chi connectivity index (χ3v) is 5.60. The van der Waals surface area contributed by atoms with E-state index in [2.05, 4.69) is 11.1 Å². The molecule has 142 valence electrons.